The van der Waals surface area contributed by atoms with Gasteiger partial charge in [-0.2, -0.15) is 0 Å². The van der Waals surface area contributed by atoms with Crippen LogP contribution < -0.4 is 5.32 Å². The number of amides is 2. The SMILES string of the molecule is CC(C)CNC(=O)C(C)N(Cc1cccc(Br)c1)C(=O)Cc1ccc(Cl)cc1. The third-order valence-electron chi connectivity index (χ3n) is 4.36. The highest BCUT2D eigenvalue weighted by atomic mass is 79.9. The van der Waals surface area contributed by atoms with Crippen molar-refractivity contribution in [3.05, 3.63) is 69.2 Å². The molecule has 0 aliphatic carbocycles. The molecule has 28 heavy (non-hydrogen) atoms. The van der Waals surface area contributed by atoms with Gasteiger partial charge in [-0.25, -0.2) is 0 Å². The molecule has 0 heterocycles. The van der Waals surface area contributed by atoms with Crippen molar-refractivity contribution in [2.75, 3.05) is 6.54 Å². The Kier molecular flexibility index (Phi) is 8.52. The molecule has 0 radical (unpaired) electrons. The molecule has 1 atom stereocenters. The Balaban J connectivity index is 2.19. The van der Waals surface area contributed by atoms with Crippen molar-refractivity contribution in [2.24, 2.45) is 5.92 Å². The minimum Gasteiger partial charge on any atom is -0.354 e. The number of nitrogens with one attached hydrogen (secondary N) is 1. The smallest absolute Gasteiger partial charge is 0.242 e. The van der Waals surface area contributed by atoms with Crippen LogP contribution in [0.1, 0.15) is 31.9 Å². The fourth-order valence-corrected chi connectivity index (χ4v) is 3.32. The van der Waals surface area contributed by atoms with E-state index in [1.807, 2.05) is 50.2 Å². The molecule has 0 aromatic heterocycles. The summed E-state index contributed by atoms with van der Waals surface area (Å²) >= 11 is 9.39. The van der Waals surface area contributed by atoms with E-state index >= 15 is 0 Å². The maximum absolute atomic E-state index is 13.1. The fourth-order valence-electron chi connectivity index (χ4n) is 2.75. The van der Waals surface area contributed by atoms with Crippen LogP contribution in [0.4, 0.5) is 0 Å². The van der Waals surface area contributed by atoms with Gasteiger partial charge in [0.1, 0.15) is 6.04 Å². The third kappa shape index (κ3) is 6.95. The quantitative estimate of drug-likeness (QED) is 0.607. The number of halogens is 2. The van der Waals surface area contributed by atoms with Crippen LogP contribution in [-0.2, 0) is 22.6 Å². The van der Waals surface area contributed by atoms with Gasteiger partial charge >= 0.3 is 0 Å². The highest BCUT2D eigenvalue weighted by molar-refractivity contribution is 9.10. The molecule has 6 heteroatoms. The number of rotatable bonds is 8. The second kappa shape index (κ2) is 10.6. The number of benzene rings is 2. The Morgan fingerprint density at radius 3 is 2.36 bits per heavy atom. The summed E-state index contributed by atoms with van der Waals surface area (Å²) < 4.78 is 0.937. The Morgan fingerprint density at radius 1 is 1.07 bits per heavy atom. The lowest BCUT2D eigenvalue weighted by atomic mass is 10.1. The lowest BCUT2D eigenvalue weighted by Gasteiger charge is -2.29. The Hall–Kier alpha value is -1.85. The zero-order valence-corrected chi connectivity index (χ0v) is 18.8. The Labute approximate surface area is 180 Å². The molecule has 1 N–H and O–H groups in total. The third-order valence-corrected chi connectivity index (χ3v) is 5.11. The molecule has 2 aromatic rings. The summed E-state index contributed by atoms with van der Waals surface area (Å²) in [6.07, 6.45) is 0.215. The predicted molar refractivity (Wildman–Crippen MR) is 117 cm³/mol. The van der Waals surface area contributed by atoms with E-state index in [0.29, 0.717) is 24.0 Å². The molecule has 2 rings (SSSR count). The van der Waals surface area contributed by atoms with Gasteiger partial charge in [0.25, 0.3) is 0 Å². The van der Waals surface area contributed by atoms with Crippen LogP contribution in [0.2, 0.25) is 5.02 Å². The van der Waals surface area contributed by atoms with Crippen molar-refractivity contribution < 1.29 is 9.59 Å². The molecular weight excluding hydrogens is 440 g/mol. The van der Waals surface area contributed by atoms with E-state index in [1.54, 1.807) is 24.0 Å². The lowest BCUT2D eigenvalue weighted by molar-refractivity contribution is -0.140. The van der Waals surface area contributed by atoms with Gasteiger partial charge in [-0.1, -0.05) is 65.6 Å². The van der Waals surface area contributed by atoms with Gasteiger partial charge in [-0.15, -0.1) is 0 Å². The van der Waals surface area contributed by atoms with E-state index in [2.05, 4.69) is 21.2 Å². The van der Waals surface area contributed by atoms with Crippen LogP contribution in [0.3, 0.4) is 0 Å². The van der Waals surface area contributed by atoms with Crippen molar-refractivity contribution in [2.45, 2.75) is 39.8 Å². The lowest BCUT2D eigenvalue weighted by Crippen LogP contribution is -2.48. The van der Waals surface area contributed by atoms with Crippen molar-refractivity contribution in [1.82, 2.24) is 10.2 Å². The monoisotopic (exact) mass is 464 g/mol. The average molecular weight is 466 g/mol. The normalized spacial score (nSPS) is 11.9. The van der Waals surface area contributed by atoms with Crippen LogP contribution in [-0.4, -0.2) is 29.3 Å². The molecule has 0 spiro atoms. The molecule has 0 bridgehead atoms. The van der Waals surface area contributed by atoms with Gasteiger partial charge in [-0.05, 0) is 48.2 Å². The topological polar surface area (TPSA) is 49.4 Å². The molecule has 0 saturated heterocycles. The van der Waals surface area contributed by atoms with Crippen LogP contribution in [0, 0.1) is 5.92 Å². The summed E-state index contributed by atoms with van der Waals surface area (Å²) in [5.41, 5.74) is 1.82. The van der Waals surface area contributed by atoms with Gasteiger partial charge in [0.15, 0.2) is 0 Å². The van der Waals surface area contributed by atoms with Crippen molar-refractivity contribution in [3.8, 4) is 0 Å². The van der Waals surface area contributed by atoms with Crippen LogP contribution in [0.25, 0.3) is 0 Å². The first kappa shape index (κ1) is 22.4. The molecule has 0 aliphatic heterocycles. The maximum atomic E-state index is 13.1. The maximum Gasteiger partial charge on any atom is 0.242 e. The summed E-state index contributed by atoms with van der Waals surface area (Å²) in [5.74, 6) is 0.0992. The molecule has 150 valence electrons. The number of carbonyl (C=O) groups is 2. The number of hydrogen-bond acceptors (Lipinski definition) is 2. The zero-order valence-electron chi connectivity index (χ0n) is 16.4. The fraction of sp³-hybridized carbons (Fsp3) is 0.364. The standard InChI is InChI=1S/C22H26BrClN2O2/c1-15(2)13-25-22(28)16(3)26(14-18-5-4-6-19(23)11-18)21(27)12-17-7-9-20(24)10-8-17/h4-11,15-16H,12-14H2,1-3H3,(H,25,28). The predicted octanol–water partition coefficient (Wildman–Crippen LogP) is 4.83. The highest BCUT2D eigenvalue weighted by Crippen LogP contribution is 2.17. The minimum atomic E-state index is -0.572. The van der Waals surface area contributed by atoms with Gasteiger partial charge in [0.2, 0.25) is 11.8 Å². The molecule has 0 aliphatic rings. The van der Waals surface area contributed by atoms with E-state index < -0.39 is 6.04 Å². The molecule has 0 fully saturated rings. The second-order valence-electron chi connectivity index (χ2n) is 7.27. The summed E-state index contributed by atoms with van der Waals surface area (Å²) in [5, 5.41) is 3.55. The summed E-state index contributed by atoms with van der Waals surface area (Å²) in [6.45, 7) is 6.79. The molecule has 1 unspecified atom stereocenters. The van der Waals surface area contributed by atoms with E-state index in [-0.39, 0.29) is 18.2 Å². The average Bonchev–Trinajstić information content (AvgIpc) is 2.65. The molecule has 0 saturated carbocycles. The molecular formula is C22H26BrClN2O2. The van der Waals surface area contributed by atoms with Gasteiger partial charge in [-0.3, -0.25) is 9.59 Å². The van der Waals surface area contributed by atoms with E-state index in [0.717, 1.165) is 15.6 Å². The summed E-state index contributed by atoms with van der Waals surface area (Å²) in [6, 6.07) is 14.4. The second-order valence-corrected chi connectivity index (χ2v) is 8.62. The van der Waals surface area contributed by atoms with Crippen molar-refractivity contribution >= 4 is 39.3 Å². The van der Waals surface area contributed by atoms with E-state index in [4.69, 9.17) is 11.6 Å². The highest BCUT2D eigenvalue weighted by Gasteiger charge is 2.26. The largest absolute Gasteiger partial charge is 0.354 e. The number of hydrogen-bond donors (Lipinski definition) is 1. The van der Waals surface area contributed by atoms with Crippen LogP contribution in [0.5, 0.6) is 0 Å². The van der Waals surface area contributed by atoms with Crippen LogP contribution >= 0.6 is 27.5 Å². The molecule has 4 nitrogen and oxygen atoms in total. The zero-order chi connectivity index (χ0) is 20.7. The van der Waals surface area contributed by atoms with Gasteiger partial charge in [0, 0.05) is 22.6 Å². The van der Waals surface area contributed by atoms with Gasteiger partial charge in [0.05, 0.1) is 6.42 Å². The number of carbonyl (C=O) groups excluding carboxylic acids is 2. The first-order chi connectivity index (χ1) is 13.3. The van der Waals surface area contributed by atoms with Crippen LogP contribution in [0.15, 0.2) is 53.0 Å². The first-order valence-corrected chi connectivity index (χ1v) is 10.5. The Morgan fingerprint density at radius 2 is 1.75 bits per heavy atom. The van der Waals surface area contributed by atoms with E-state index in [9.17, 15) is 9.59 Å². The number of nitrogens with zero attached hydrogens (tertiary/aromatic N) is 1. The van der Waals surface area contributed by atoms with Crippen molar-refractivity contribution in [1.29, 1.82) is 0 Å². The summed E-state index contributed by atoms with van der Waals surface area (Å²) in [7, 11) is 0. The van der Waals surface area contributed by atoms with E-state index in [1.165, 1.54) is 0 Å². The first-order valence-electron chi connectivity index (χ1n) is 9.32. The minimum absolute atomic E-state index is 0.102. The molecule has 2 aromatic carbocycles. The summed E-state index contributed by atoms with van der Waals surface area (Å²) in [4.78, 5) is 27.3. The van der Waals surface area contributed by atoms with Gasteiger partial charge < -0.3 is 10.2 Å². The molecule has 2 amide bonds. The van der Waals surface area contributed by atoms with Crippen molar-refractivity contribution in [3.63, 3.8) is 0 Å². The Bertz CT molecular complexity index is 808.